The van der Waals surface area contributed by atoms with E-state index in [-0.39, 0.29) is 29.4 Å². The Balaban J connectivity index is 1.81. The standard InChI is InChI=1S/C19H26N2O2S/c1-11(2)16-15-14(10-24-16)21(18(23)20-15)17(22)12-6-8-13(9-7-12)19(3,4)5/h6-9,11,14-16H,10H2,1-5H3,(H,20,23)/t14-,15-,16-/m0/s1. The molecule has 2 fully saturated rings. The SMILES string of the molecule is CC(C)[C@@H]1SC[C@H]2[C@@H]1NC(=O)N2C(=O)c1ccc(C(C)(C)C)cc1. The summed E-state index contributed by atoms with van der Waals surface area (Å²) >= 11 is 1.86. The van der Waals surface area contributed by atoms with E-state index in [0.29, 0.717) is 16.7 Å². The maximum Gasteiger partial charge on any atom is 0.325 e. The average molecular weight is 346 g/mol. The van der Waals surface area contributed by atoms with Gasteiger partial charge in [-0.25, -0.2) is 4.79 Å². The molecule has 2 saturated heterocycles. The van der Waals surface area contributed by atoms with Gasteiger partial charge >= 0.3 is 6.03 Å². The van der Waals surface area contributed by atoms with Crippen molar-refractivity contribution in [3.63, 3.8) is 0 Å². The highest BCUT2D eigenvalue weighted by atomic mass is 32.2. The minimum absolute atomic E-state index is 0.0373. The molecule has 1 aromatic rings. The minimum atomic E-state index is -0.249. The van der Waals surface area contributed by atoms with Crippen molar-refractivity contribution in [2.45, 2.75) is 57.4 Å². The fraction of sp³-hybridized carbons (Fsp3) is 0.579. The number of imide groups is 1. The van der Waals surface area contributed by atoms with Crippen molar-refractivity contribution in [2.24, 2.45) is 5.92 Å². The number of nitrogens with one attached hydrogen (secondary N) is 1. The van der Waals surface area contributed by atoms with Crippen molar-refractivity contribution in [3.8, 4) is 0 Å². The third kappa shape index (κ3) is 2.94. The Kier molecular flexibility index (Phi) is 4.41. The first kappa shape index (κ1) is 17.3. The number of urea groups is 1. The minimum Gasteiger partial charge on any atom is -0.332 e. The Morgan fingerprint density at radius 2 is 1.88 bits per heavy atom. The monoisotopic (exact) mass is 346 g/mol. The summed E-state index contributed by atoms with van der Waals surface area (Å²) in [5.74, 6) is 1.11. The van der Waals surface area contributed by atoms with Crippen LogP contribution >= 0.6 is 11.8 Å². The van der Waals surface area contributed by atoms with Crippen LogP contribution in [-0.2, 0) is 5.41 Å². The van der Waals surface area contributed by atoms with Gasteiger partial charge in [-0.05, 0) is 29.0 Å². The number of thioether (sulfide) groups is 1. The van der Waals surface area contributed by atoms with Gasteiger partial charge < -0.3 is 5.32 Å². The van der Waals surface area contributed by atoms with Gasteiger partial charge in [0.25, 0.3) is 5.91 Å². The summed E-state index contributed by atoms with van der Waals surface area (Å²) in [4.78, 5) is 26.7. The second-order valence-electron chi connectivity index (χ2n) is 8.09. The average Bonchev–Trinajstić information content (AvgIpc) is 3.03. The molecule has 0 spiro atoms. The Hall–Kier alpha value is -1.49. The number of nitrogens with zero attached hydrogens (tertiary/aromatic N) is 1. The molecule has 0 radical (unpaired) electrons. The summed E-state index contributed by atoms with van der Waals surface area (Å²) in [6, 6.07) is 7.43. The van der Waals surface area contributed by atoms with Gasteiger partial charge in [-0.15, -0.1) is 0 Å². The number of rotatable bonds is 2. The smallest absolute Gasteiger partial charge is 0.325 e. The van der Waals surface area contributed by atoms with Gasteiger partial charge in [-0.3, -0.25) is 9.69 Å². The summed E-state index contributed by atoms with van der Waals surface area (Å²) in [5.41, 5.74) is 1.81. The van der Waals surface area contributed by atoms with Gasteiger partial charge in [0.15, 0.2) is 0 Å². The van der Waals surface area contributed by atoms with Crippen LogP contribution in [0, 0.1) is 5.92 Å². The molecular weight excluding hydrogens is 320 g/mol. The van der Waals surface area contributed by atoms with E-state index in [4.69, 9.17) is 0 Å². The molecule has 130 valence electrons. The highest BCUT2D eigenvalue weighted by Crippen LogP contribution is 2.38. The van der Waals surface area contributed by atoms with Crippen LogP contribution in [0.4, 0.5) is 4.79 Å². The molecule has 2 aliphatic rings. The van der Waals surface area contributed by atoms with Gasteiger partial charge in [-0.2, -0.15) is 11.8 Å². The summed E-state index contributed by atoms with van der Waals surface area (Å²) in [6.45, 7) is 10.8. The molecule has 3 atom stereocenters. The van der Waals surface area contributed by atoms with Crippen molar-refractivity contribution in [3.05, 3.63) is 35.4 Å². The van der Waals surface area contributed by atoms with E-state index in [1.807, 2.05) is 36.0 Å². The second kappa shape index (κ2) is 6.10. The second-order valence-corrected chi connectivity index (χ2v) is 9.30. The van der Waals surface area contributed by atoms with Crippen LogP contribution in [0.5, 0.6) is 0 Å². The third-order valence-corrected chi connectivity index (χ3v) is 6.70. The Morgan fingerprint density at radius 3 is 2.42 bits per heavy atom. The molecule has 1 N–H and O–H groups in total. The molecule has 5 heteroatoms. The zero-order valence-electron chi connectivity index (χ0n) is 15.0. The van der Waals surface area contributed by atoms with Crippen LogP contribution in [0.3, 0.4) is 0 Å². The van der Waals surface area contributed by atoms with Crippen LogP contribution in [0.1, 0.15) is 50.5 Å². The maximum absolute atomic E-state index is 12.9. The van der Waals surface area contributed by atoms with Gasteiger partial charge in [0.2, 0.25) is 0 Å². The van der Waals surface area contributed by atoms with Gasteiger partial charge in [0.1, 0.15) is 0 Å². The van der Waals surface area contributed by atoms with Crippen molar-refractivity contribution >= 4 is 23.7 Å². The molecule has 3 amide bonds. The summed E-state index contributed by atoms with van der Waals surface area (Å²) in [5, 5.41) is 3.40. The summed E-state index contributed by atoms with van der Waals surface area (Å²) < 4.78 is 0. The number of benzene rings is 1. The zero-order valence-corrected chi connectivity index (χ0v) is 15.8. The van der Waals surface area contributed by atoms with Crippen molar-refractivity contribution in [1.29, 1.82) is 0 Å². The Morgan fingerprint density at radius 1 is 1.25 bits per heavy atom. The lowest BCUT2D eigenvalue weighted by Gasteiger charge is -2.22. The molecule has 2 heterocycles. The molecular formula is C19H26N2O2S. The lowest BCUT2D eigenvalue weighted by atomic mass is 9.86. The fourth-order valence-corrected chi connectivity index (χ4v) is 5.13. The first-order valence-corrected chi connectivity index (χ1v) is 9.61. The first-order chi connectivity index (χ1) is 11.2. The molecule has 0 saturated carbocycles. The van der Waals surface area contributed by atoms with E-state index in [1.165, 1.54) is 10.5 Å². The third-order valence-electron chi connectivity index (χ3n) is 4.94. The van der Waals surface area contributed by atoms with Crippen LogP contribution in [-0.4, -0.2) is 39.9 Å². The fourth-order valence-electron chi connectivity index (χ4n) is 3.51. The van der Waals surface area contributed by atoms with Gasteiger partial charge in [0, 0.05) is 16.6 Å². The molecule has 0 bridgehead atoms. The summed E-state index contributed by atoms with van der Waals surface area (Å²) in [6.07, 6.45) is 0. The van der Waals surface area contributed by atoms with Crippen LogP contribution < -0.4 is 5.32 Å². The topological polar surface area (TPSA) is 49.4 Å². The number of carbonyl (C=O) groups is 2. The predicted molar refractivity (Wildman–Crippen MR) is 98.5 cm³/mol. The number of fused-ring (bicyclic) bond motifs is 1. The number of hydrogen-bond donors (Lipinski definition) is 1. The van der Waals surface area contributed by atoms with E-state index in [1.54, 1.807) is 0 Å². The first-order valence-electron chi connectivity index (χ1n) is 8.56. The number of carbonyl (C=O) groups excluding carboxylic acids is 2. The van der Waals surface area contributed by atoms with E-state index in [2.05, 4.69) is 39.9 Å². The predicted octanol–water partition coefficient (Wildman–Crippen LogP) is 3.66. The highest BCUT2D eigenvalue weighted by molar-refractivity contribution is 8.00. The quantitative estimate of drug-likeness (QED) is 0.832. The van der Waals surface area contributed by atoms with Crippen LogP contribution in [0.25, 0.3) is 0 Å². The maximum atomic E-state index is 12.9. The molecule has 24 heavy (non-hydrogen) atoms. The van der Waals surface area contributed by atoms with E-state index < -0.39 is 0 Å². The normalized spacial score (nSPS) is 26.7. The van der Waals surface area contributed by atoms with Gasteiger partial charge in [0.05, 0.1) is 12.1 Å². The van der Waals surface area contributed by atoms with Crippen LogP contribution in [0.2, 0.25) is 0 Å². The van der Waals surface area contributed by atoms with E-state index in [0.717, 1.165) is 5.75 Å². The lowest BCUT2D eigenvalue weighted by molar-refractivity contribution is 0.0789. The van der Waals surface area contributed by atoms with Crippen molar-refractivity contribution in [2.75, 3.05) is 5.75 Å². The Bertz CT molecular complexity index is 648. The van der Waals surface area contributed by atoms with Crippen molar-refractivity contribution in [1.82, 2.24) is 10.2 Å². The lowest BCUT2D eigenvalue weighted by Crippen LogP contribution is -2.42. The molecule has 4 nitrogen and oxygen atoms in total. The molecule has 0 aromatic heterocycles. The molecule has 0 aliphatic carbocycles. The van der Waals surface area contributed by atoms with E-state index >= 15 is 0 Å². The number of hydrogen-bond acceptors (Lipinski definition) is 3. The van der Waals surface area contributed by atoms with E-state index in [9.17, 15) is 9.59 Å². The number of amides is 3. The van der Waals surface area contributed by atoms with Gasteiger partial charge in [-0.1, -0.05) is 46.8 Å². The zero-order chi connectivity index (χ0) is 17.6. The summed E-state index contributed by atoms with van der Waals surface area (Å²) in [7, 11) is 0. The molecule has 1 aromatic carbocycles. The largest absolute Gasteiger partial charge is 0.332 e. The highest BCUT2D eigenvalue weighted by Gasteiger charge is 2.51. The Labute approximate surface area is 148 Å². The molecule has 2 aliphatic heterocycles. The van der Waals surface area contributed by atoms with Crippen molar-refractivity contribution < 1.29 is 9.59 Å². The molecule has 3 rings (SSSR count). The van der Waals surface area contributed by atoms with Crippen LogP contribution in [0.15, 0.2) is 24.3 Å². The molecule has 0 unspecified atom stereocenters.